The summed E-state index contributed by atoms with van der Waals surface area (Å²) in [4.78, 5) is 15.6. The first-order valence-electron chi connectivity index (χ1n) is 6.97. The molecule has 1 aromatic rings. The summed E-state index contributed by atoms with van der Waals surface area (Å²) in [5, 5.41) is 3.52. The molecule has 19 heavy (non-hydrogen) atoms. The normalized spacial score (nSPS) is 17.4. The zero-order valence-corrected chi connectivity index (χ0v) is 11.7. The van der Waals surface area contributed by atoms with E-state index in [9.17, 15) is 4.79 Å². The van der Waals surface area contributed by atoms with Crippen molar-refractivity contribution < 1.29 is 9.53 Å². The van der Waals surface area contributed by atoms with E-state index < -0.39 is 0 Å². The molecule has 1 saturated carbocycles. The minimum atomic E-state index is -0.341. The van der Waals surface area contributed by atoms with Gasteiger partial charge in [-0.2, -0.15) is 0 Å². The van der Waals surface area contributed by atoms with Crippen molar-refractivity contribution in [3.63, 3.8) is 0 Å². The fraction of sp³-hybridized carbons (Fsp3) is 0.600. The van der Waals surface area contributed by atoms with E-state index >= 15 is 0 Å². The molecule has 0 amide bonds. The third kappa shape index (κ3) is 3.77. The molecule has 1 aromatic heterocycles. The molecule has 0 radical (unpaired) electrons. The first kappa shape index (κ1) is 14.0. The molecular weight excluding hydrogens is 240 g/mol. The predicted octanol–water partition coefficient (Wildman–Crippen LogP) is 2.54. The molecule has 2 rings (SSSR count). The van der Waals surface area contributed by atoms with Crippen LogP contribution in [0.4, 0.5) is 0 Å². The lowest BCUT2D eigenvalue weighted by atomic mass is 10.00. The maximum atomic E-state index is 11.3. The number of ether oxygens (including phenoxy) is 1. The van der Waals surface area contributed by atoms with Gasteiger partial charge in [-0.3, -0.25) is 4.98 Å². The number of pyridine rings is 1. The third-order valence-electron chi connectivity index (χ3n) is 3.96. The molecule has 4 nitrogen and oxygen atoms in total. The van der Waals surface area contributed by atoms with Gasteiger partial charge in [0.2, 0.25) is 0 Å². The number of rotatable bonds is 5. The lowest BCUT2D eigenvalue weighted by molar-refractivity contribution is 0.0600. The average Bonchev–Trinajstić information content (AvgIpc) is 2.98. The number of aromatic nitrogens is 1. The van der Waals surface area contributed by atoms with Gasteiger partial charge in [0.05, 0.1) is 18.4 Å². The second kappa shape index (κ2) is 6.66. The Kier molecular flexibility index (Phi) is 4.91. The summed E-state index contributed by atoms with van der Waals surface area (Å²) in [6, 6.07) is 4.17. The second-order valence-electron chi connectivity index (χ2n) is 5.24. The molecule has 1 N–H and O–H groups in total. The van der Waals surface area contributed by atoms with Crippen molar-refractivity contribution in [2.75, 3.05) is 7.11 Å². The number of carbonyl (C=O) groups excluding carboxylic acids is 1. The lowest BCUT2D eigenvalue weighted by Gasteiger charge is -2.20. The first-order valence-corrected chi connectivity index (χ1v) is 6.97. The highest BCUT2D eigenvalue weighted by atomic mass is 16.5. The van der Waals surface area contributed by atoms with Gasteiger partial charge in [0.1, 0.15) is 0 Å². The van der Waals surface area contributed by atoms with Gasteiger partial charge in [0, 0.05) is 18.8 Å². The number of carbonyl (C=O) groups is 1. The Balaban J connectivity index is 1.84. The molecule has 0 saturated heterocycles. The lowest BCUT2D eigenvalue weighted by Crippen LogP contribution is -2.32. The molecule has 0 unspecified atom stereocenters. The summed E-state index contributed by atoms with van der Waals surface area (Å²) in [7, 11) is 1.38. The van der Waals surface area contributed by atoms with Crippen molar-refractivity contribution in [3.8, 4) is 0 Å². The number of hydrogen-bond acceptors (Lipinski definition) is 4. The highest BCUT2D eigenvalue weighted by Crippen LogP contribution is 2.27. The maximum Gasteiger partial charge on any atom is 0.339 e. The van der Waals surface area contributed by atoms with Gasteiger partial charge in [0.25, 0.3) is 0 Å². The summed E-state index contributed by atoms with van der Waals surface area (Å²) in [5.74, 6) is 0.459. The van der Waals surface area contributed by atoms with Crippen molar-refractivity contribution in [1.82, 2.24) is 10.3 Å². The molecule has 1 aliphatic rings. The minimum Gasteiger partial charge on any atom is -0.465 e. The van der Waals surface area contributed by atoms with Gasteiger partial charge in [0.15, 0.2) is 0 Å². The SMILES string of the molecule is COC(=O)c1ccc(CN[C@H](C)C2CCCC2)nc1. The van der Waals surface area contributed by atoms with Crippen LogP contribution in [-0.4, -0.2) is 24.1 Å². The molecule has 1 fully saturated rings. The molecule has 0 aromatic carbocycles. The van der Waals surface area contributed by atoms with Crippen LogP contribution >= 0.6 is 0 Å². The van der Waals surface area contributed by atoms with Gasteiger partial charge >= 0.3 is 5.97 Å². The van der Waals surface area contributed by atoms with Gasteiger partial charge in [-0.1, -0.05) is 12.8 Å². The Labute approximate surface area is 114 Å². The van der Waals surface area contributed by atoms with Crippen molar-refractivity contribution in [2.24, 2.45) is 5.92 Å². The van der Waals surface area contributed by atoms with Gasteiger partial charge in [-0.05, 0) is 37.8 Å². The fourth-order valence-electron chi connectivity index (χ4n) is 2.66. The van der Waals surface area contributed by atoms with Crippen molar-refractivity contribution in [3.05, 3.63) is 29.6 Å². The molecular formula is C15H22N2O2. The van der Waals surface area contributed by atoms with E-state index in [1.165, 1.54) is 32.8 Å². The number of nitrogens with zero attached hydrogens (tertiary/aromatic N) is 1. The Bertz CT molecular complexity index is 411. The zero-order valence-electron chi connectivity index (χ0n) is 11.7. The molecule has 104 valence electrons. The smallest absolute Gasteiger partial charge is 0.339 e. The average molecular weight is 262 g/mol. The Morgan fingerprint density at radius 3 is 2.79 bits per heavy atom. The van der Waals surface area contributed by atoms with Gasteiger partial charge in [-0.15, -0.1) is 0 Å². The fourth-order valence-corrected chi connectivity index (χ4v) is 2.66. The highest BCUT2D eigenvalue weighted by molar-refractivity contribution is 5.88. The summed E-state index contributed by atoms with van der Waals surface area (Å²) in [6.07, 6.45) is 6.97. The summed E-state index contributed by atoms with van der Waals surface area (Å²) >= 11 is 0. The number of hydrogen-bond donors (Lipinski definition) is 1. The zero-order chi connectivity index (χ0) is 13.7. The molecule has 4 heteroatoms. The van der Waals surface area contributed by atoms with Gasteiger partial charge < -0.3 is 10.1 Å². The number of nitrogens with one attached hydrogen (secondary N) is 1. The van der Waals surface area contributed by atoms with E-state index in [1.54, 1.807) is 12.3 Å². The van der Waals surface area contributed by atoms with Crippen molar-refractivity contribution >= 4 is 5.97 Å². The molecule has 1 atom stereocenters. The van der Waals surface area contributed by atoms with Crippen LogP contribution in [0.1, 0.15) is 48.7 Å². The molecule has 0 bridgehead atoms. The molecule has 0 spiro atoms. The molecule has 1 heterocycles. The van der Waals surface area contributed by atoms with E-state index in [-0.39, 0.29) is 5.97 Å². The van der Waals surface area contributed by atoms with Crippen LogP contribution in [0, 0.1) is 5.92 Å². The number of esters is 1. The highest BCUT2D eigenvalue weighted by Gasteiger charge is 2.20. The monoisotopic (exact) mass is 262 g/mol. The van der Waals surface area contributed by atoms with Gasteiger partial charge in [-0.25, -0.2) is 4.79 Å². The van der Waals surface area contributed by atoms with Crippen LogP contribution in [0.25, 0.3) is 0 Å². The van der Waals surface area contributed by atoms with Crippen LogP contribution in [0.2, 0.25) is 0 Å². The van der Waals surface area contributed by atoms with Crippen LogP contribution < -0.4 is 5.32 Å². The van der Waals surface area contributed by atoms with E-state index in [2.05, 4.69) is 22.0 Å². The van der Waals surface area contributed by atoms with Crippen LogP contribution in [0.5, 0.6) is 0 Å². The topological polar surface area (TPSA) is 51.2 Å². The molecule has 0 aliphatic heterocycles. The Hall–Kier alpha value is -1.42. The summed E-state index contributed by atoms with van der Waals surface area (Å²) in [6.45, 7) is 3.00. The van der Waals surface area contributed by atoms with E-state index in [0.29, 0.717) is 11.6 Å². The second-order valence-corrected chi connectivity index (χ2v) is 5.24. The number of methoxy groups -OCH3 is 1. The quantitative estimate of drug-likeness (QED) is 0.828. The van der Waals surface area contributed by atoms with E-state index in [0.717, 1.165) is 18.2 Å². The van der Waals surface area contributed by atoms with Crippen LogP contribution in [-0.2, 0) is 11.3 Å². The van der Waals surface area contributed by atoms with E-state index in [4.69, 9.17) is 0 Å². The Morgan fingerprint density at radius 2 is 2.21 bits per heavy atom. The summed E-state index contributed by atoms with van der Waals surface area (Å²) in [5.41, 5.74) is 1.45. The van der Waals surface area contributed by atoms with Crippen molar-refractivity contribution in [2.45, 2.75) is 45.2 Å². The van der Waals surface area contributed by atoms with Crippen molar-refractivity contribution in [1.29, 1.82) is 0 Å². The van der Waals surface area contributed by atoms with Crippen LogP contribution in [0.15, 0.2) is 18.3 Å². The first-order chi connectivity index (χ1) is 9.20. The maximum absolute atomic E-state index is 11.3. The standard InChI is InChI=1S/C15H22N2O2/c1-11(12-5-3-4-6-12)16-10-14-8-7-13(9-17-14)15(18)19-2/h7-9,11-12,16H,3-6,10H2,1-2H3/t11-/m1/s1. The van der Waals surface area contributed by atoms with E-state index in [1.807, 2.05) is 6.07 Å². The largest absolute Gasteiger partial charge is 0.465 e. The summed E-state index contributed by atoms with van der Waals surface area (Å²) < 4.78 is 4.65. The third-order valence-corrected chi connectivity index (χ3v) is 3.96. The van der Waals surface area contributed by atoms with Crippen LogP contribution in [0.3, 0.4) is 0 Å². The Morgan fingerprint density at radius 1 is 1.47 bits per heavy atom. The predicted molar refractivity (Wildman–Crippen MR) is 73.8 cm³/mol. The molecule has 1 aliphatic carbocycles. The minimum absolute atomic E-state index is 0.341.